The zero-order valence-corrected chi connectivity index (χ0v) is 6.61. The van der Waals surface area contributed by atoms with Crippen LogP contribution in [0.1, 0.15) is 0 Å². The molecule has 1 aromatic heterocycles. The second-order valence-corrected chi connectivity index (χ2v) is 2.62. The lowest BCUT2D eigenvalue weighted by atomic mass is 10.3. The first-order valence-electron chi connectivity index (χ1n) is 3.66. The summed E-state index contributed by atoms with van der Waals surface area (Å²) in [6, 6.07) is 4.75. The fourth-order valence-electron chi connectivity index (χ4n) is 1.11. The van der Waals surface area contributed by atoms with Crippen LogP contribution in [0.4, 0.5) is 5.82 Å². The number of phenolic OH excluding ortho intramolecular Hbond substituents is 1. The van der Waals surface area contributed by atoms with Gasteiger partial charge in [-0.25, -0.2) is 4.98 Å². The summed E-state index contributed by atoms with van der Waals surface area (Å²) < 4.78 is 0. The number of fused-ring (bicyclic) bond motifs is 1. The maximum Gasteiger partial charge on any atom is 0.291 e. The van der Waals surface area contributed by atoms with Crippen LogP contribution in [0.25, 0.3) is 11.0 Å². The Balaban J connectivity index is 2.97. The van der Waals surface area contributed by atoms with Crippen molar-refractivity contribution in [1.82, 2.24) is 9.97 Å². The van der Waals surface area contributed by atoms with Gasteiger partial charge in [-0.05, 0) is 12.1 Å². The van der Waals surface area contributed by atoms with Crippen LogP contribution in [0.2, 0.25) is 0 Å². The lowest BCUT2D eigenvalue weighted by molar-refractivity contribution is 0.480. The molecule has 0 amide bonds. The first kappa shape index (κ1) is 7.60. The largest absolute Gasteiger partial charge is 0.506 e. The van der Waals surface area contributed by atoms with E-state index in [2.05, 4.69) is 9.97 Å². The maximum absolute atomic E-state index is 11.0. The molecule has 1 aromatic carbocycles. The number of hydrogen-bond donors (Lipinski definition) is 3. The minimum atomic E-state index is -0.492. The van der Waals surface area contributed by atoms with E-state index in [-0.39, 0.29) is 11.6 Å². The summed E-state index contributed by atoms with van der Waals surface area (Å²) in [6.07, 6.45) is 0. The number of rotatable bonds is 0. The number of nitrogens with one attached hydrogen (secondary N) is 1. The van der Waals surface area contributed by atoms with Gasteiger partial charge in [-0.2, -0.15) is 0 Å². The van der Waals surface area contributed by atoms with Crippen molar-refractivity contribution in [2.75, 3.05) is 5.73 Å². The third-order valence-corrected chi connectivity index (χ3v) is 1.73. The van der Waals surface area contributed by atoms with Gasteiger partial charge in [-0.3, -0.25) is 4.79 Å². The van der Waals surface area contributed by atoms with E-state index in [4.69, 9.17) is 5.73 Å². The van der Waals surface area contributed by atoms with Crippen molar-refractivity contribution in [3.05, 3.63) is 28.6 Å². The fraction of sp³-hybridized carbons (Fsp3) is 0. The number of benzene rings is 1. The molecule has 4 N–H and O–H groups in total. The van der Waals surface area contributed by atoms with Crippen molar-refractivity contribution < 1.29 is 5.11 Å². The molecule has 0 spiro atoms. The molecule has 0 bridgehead atoms. The molecule has 0 atom stereocenters. The Morgan fingerprint density at radius 3 is 3.00 bits per heavy atom. The third-order valence-electron chi connectivity index (χ3n) is 1.73. The summed E-state index contributed by atoms with van der Waals surface area (Å²) >= 11 is 0. The Morgan fingerprint density at radius 1 is 1.46 bits per heavy atom. The van der Waals surface area contributed by atoms with Gasteiger partial charge in [0.1, 0.15) is 11.3 Å². The maximum atomic E-state index is 11.0. The quantitative estimate of drug-likeness (QED) is 0.536. The summed E-state index contributed by atoms with van der Waals surface area (Å²) in [6.45, 7) is 0. The SMILES string of the molecule is Nc1nc2cccc(O)c2[nH]c1=O. The van der Waals surface area contributed by atoms with E-state index in [9.17, 15) is 9.90 Å². The van der Waals surface area contributed by atoms with Gasteiger partial charge in [0.25, 0.3) is 5.56 Å². The molecule has 2 aromatic rings. The molecule has 5 nitrogen and oxygen atoms in total. The van der Waals surface area contributed by atoms with Gasteiger partial charge in [0.05, 0.1) is 5.52 Å². The predicted molar refractivity (Wildman–Crippen MR) is 48.4 cm³/mol. The second kappa shape index (κ2) is 2.48. The molecule has 0 radical (unpaired) electrons. The average Bonchev–Trinajstić information content (AvgIpc) is 2.09. The van der Waals surface area contributed by atoms with Crippen LogP contribution in [0.15, 0.2) is 23.0 Å². The van der Waals surface area contributed by atoms with Crippen LogP contribution in [0.5, 0.6) is 5.75 Å². The third kappa shape index (κ3) is 1.10. The van der Waals surface area contributed by atoms with Gasteiger partial charge < -0.3 is 15.8 Å². The van der Waals surface area contributed by atoms with E-state index in [1.165, 1.54) is 6.07 Å². The number of nitrogens with zero attached hydrogens (tertiary/aromatic N) is 1. The normalized spacial score (nSPS) is 10.5. The smallest absolute Gasteiger partial charge is 0.291 e. The number of aromatic amines is 1. The highest BCUT2D eigenvalue weighted by atomic mass is 16.3. The molecule has 2 rings (SSSR count). The van der Waals surface area contributed by atoms with E-state index in [1.54, 1.807) is 12.1 Å². The fourth-order valence-corrected chi connectivity index (χ4v) is 1.11. The molecular weight excluding hydrogens is 170 g/mol. The molecular formula is C8H7N3O2. The van der Waals surface area contributed by atoms with Gasteiger partial charge in [-0.15, -0.1) is 0 Å². The minimum Gasteiger partial charge on any atom is -0.506 e. The molecule has 0 aliphatic heterocycles. The number of aromatic hydroxyl groups is 1. The molecule has 0 saturated carbocycles. The Hall–Kier alpha value is -2.04. The summed E-state index contributed by atoms with van der Waals surface area (Å²) in [5.41, 5.74) is 5.58. The van der Waals surface area contributed by atoms with Gasteiger partial charge in [0, 0.05) is 0 Å². The summed E-state index contributed by atoms with van der Waals surface area (Å²) in [4.78, 5) is 17.3. The molecule has 66 valence electrons. The number of H-pyrrole nitrogens is 1. The minimum absolute atomic E-state index is 0.0119. The first-order chi connectivity index (χ1) is 6.18. The highest BCUT2D eigenvalue weighted by Crippen LogP contribution is 2.18. The highest BCUT2D eigenvalue weighted by Gasteiger charge is 2.03. The van der Waals surface area contributed by atoms with Crippen molar-refractivity contribution in [2.45, 2.75) is 0 Å². The molecule has 5 heteroatoms. The monoisotopic (exact) mass is 177 g/mol. The molecule has 0 fully saturated rings. The molecule has 0 unspecified atom stereocenters. The van der Waals surface area contributed by atoms with Crippen LogP contribution in [0, 0.1) is 0 Å². The Bertz CT molecular complexity index is 518. The van der Waals surface area contributed by atoms with Crippen LogP contribution in [-0.2, 0) is 0 Å². The lowest BCUT2D eigenvalue weighted by Gasteiger charge is -1.99. The molecule has 0 saturated heterocycles. The number of hydrogen-bond acceptors (Lipinski definition) is 4. The van der Waals surface area contributed by atoms with Crippen LogP contribution in [-0.4, -0.2) is 15.1 Å². The van der Waals surface area contributed by atoms with Gasteiger partial charge >= 0.3 is 0 Å². The van der Waals surface area contributed by atoms with Gasteiger partial charge in [-0.1, -0.05) is 6.07 Å². The lowest BCUT2D eigenvalue weighted by Crippen LogP contribution is -2.13. The highest BCUT2D eigenvalue weighted by molar-refractivity contribution is 5.81. The van der Waals surface area contributed by atoms with Gasteiger partial charge in [0.2, 0.25) is 0 Å². The Kier molecular flexibility index (Phi) is 1.45. The molecule has 0 aliphatic carbocycles. The topological polar surface area (TPSA) is 92.0 Å². The Morgan fingerprint density at radius 2 is 2.23 bits per heavy atom. The van der Waals surface area contributed by atoms with E-state index in [0.29, 0.717) is 11.0 Å². The number of aromatic nitrogens is 2. The van der Waals surface area contributed by atoms with E-state index >= 15 is 0 Å². The van der Waals surface area contributed by atoms with Crippen LogP contribution in [0.3, 0.4) is 0 Å². The zero-order valence-electron chi connectivity index (χ0n) is 6.61. The van der Waals surface area contributed by atoms with Crippen molar-refractivity contribution in [3.63, 3.8) is 0 Å². The van der Waals surface area contributed by atoms with E-state index in [0.717, 1.165) is 0 Å². The Labute approximate surface area is 72.8 Å². The van der Waals surface area contributed by atoms with Crippen LogP contribution >= 0.6 is 0 Å². The molecule has 13 heavy (non-hydrogen) atoms. The van der Waals surface area contributed by atoms with Crippen molar-refractivity contribution in [3.8, 4) is 5.75 Å². The standard InChI is InChI=1S/C8H7N3O2/c9-7-8(13)11-6-4(10-7)2-1-3-5(6)12/h1-3,12H,(H2,9,10)(H,11,13). The number of phenols is 1. The summed E-state index contributed by atoms with van der Waals surface area (Å²) in [5, 5.41) is 9.34. The molecule has 0 aliphatic rings. The van der Waals surface area contributed by atoms with E-state index < -0.39 is 5.56 Å². The van der Waals surface area contributed by atoms with Crippen molar-refractivity contribution >= 4 is 16.9 Å². The van der Waals surface area contributed by atoms with Crippen molar-refractivity contribution in [1.29, 1.82) is 0 Å². The van der Waals surface area contributed by atoms with E-state index in [1.807, 2.05) is 0 Å². The number of anilines is 1. The predicted octanol–water partition coefficient (Wildman–Crippen LogP) is 0.211. The number of nitrogens with two attached hydrogens (primary N) is 1. The van der Waals surface area contributed by atoms with Gasteiger partial charge in [0.15, 0.2) is 5.82 Å². The summed E-state index contributed by atoms with van der Waals surface area (Å²) in [7, 11) is 0. The second-order valence-electron chi connectivity index (χ2n) is 2.62. The number of para-hydroxylation sites is 1. The number of nitrogen functional groups attached to an aromatic ring is 1. The average molecular weight is 177 g/mol. The van der Waals surface area contributed by atoms with Crippen LogP contribution < -0.4 is 11.3 Å². The summed E-state index contributed by atoms with van der Waals surface area (Å²) in [5.74, 6) is -0.111. The van der Waals surface area contributed by atoms with Crippen molar-refractivity contribution in [2.24, 2.45) is 0 Å². The zero-order chi connectivity index (χ0) is 9.42. The first-order valence-corrected chi connectivity index (χ1v) is 3.66. The molecule has 1 heterocycles.